The first kappa shape index (κ1) is 17.4. The predicted molar refractivity (Wildman–Crippen MR) is 91.7 cm³/mol. The highest BCUT2D eigenvalue weighted by molar-refractivity contribution is 6.30. The molecule has 0 aliphatic carbocycles. The van der Waals surface area contributed by atoms with Gasteiger partial charge in [0.1, 0.15) is 5.76 Å². The zero-order valence-electron chi connectivity index (χ0n) is 13.4. The van der Waals surface area contributed by atoms with Crippen LogP contribution in [0.5, 0.6) is 0 Å². The molecule has 0 fully saturated rings. The molecule has 2 aromatic rings. The van der Waals surface area contributed by atoms with Crippen molar-refractivity contribution in [1.82, 2.24) is 15.5 Å². The summed E-state index contributed by atoms with van der Waals surface area (Å²) in [5, 5.41) is 6.43. The second-order valence-corrected chi connectivity index (χ2v) is 5.95. The molecule has 1 atom stereocenters. The fraction of sp³-hybridized carbons (Fsp3) is 0.353. The number of likely N-dealkylation sites (N-methyl/N-ethyl adjacent to an activating group) is 1. The van der Waals surface area contributed by atoms with E-state index in [1.54, 1.807) is 6.26 Å². The number of carbonyl (C=O) groups is 1. The lowest BCUT2D eigenvalue weighted by Crippen LogP contribution is -2.41. The molecule has 0 bridgehead atoms. The van der Waals surface area contributed by atoms with Gasteiger partial charge in [0, 0.05) is 18.1 Å². The Hall–Kier alpha value is -1.98. The fourth-order valence-electron chi connectivity index (χ4n) is 2.28. The van der Waals surface area contributed by atoms with E-state index < -0.39 is 0 Å². The number of nitrogens with zero attached hydrogens (tertiary/aromatic N) is 1. The molecule has 23 heavy (non-hydrogen) atoms. The van der Waals surface area contributed by atoms with Crippen LogP contribution in [0.25, 0.3) is 0 Å². The van der Waals surface area contributed by atoms with Crippen molar-refractivity contribution in [2.45, 2.75) is 12.5 Å². The Morgan fingerprint density at radius 1 is 1.26 bits per heavy atom. The van der Waals surface area contributed by atoms with Gasteiger partial charge in [0.25, 0.3) is 0 Å². The van der Waals surface area contributed by atoms with Crippen molar-refractivity contribution in [2.24, 2.45) is 0 Å². The lowest BCUT2D eigenvalue weighted by atomic mass is 10.1. The maximum Gasteiger partial charge on any atom is 0.314 e. The molecule has 1 unspecified atom stereocenters. The normalized spacial score (nSPS) is 12.2. The first-order valence-electron chi connectivity index (χ1n) is 7.52. The fourth-order valence-corrected chi connectivity index (χ4v) is 2.50. The molecule has 0 saturated heterocycles. The quantitative estimate of drug-likeness (QED) is 0.817. The molecular weight excluding hydrogens is 314 g/mol. The lowest BCUT2D eigenvalue weighted by Gasteiger charge is -2.22. The molecule has 124 valence electrons. The number of hydrogen-bond donors (Lipinski definition) is 2. The third-order valence-electron chi connectivity index (χ3n) is 3.54. The van der Waals surface area contributed by atoms with Gasteiger partial charge >= 0.3 is 6.03 Å². The van der Waals surface area contributed by atoms with Crippen LogP contribution in [0.4, 0.5) is 4.79 Å². The number of rotatable bonds is 7. The molecule has 6 heteroatoms. The standard InChI is InChI=1S/C17H22ClN3O2/c1-21(2)15(16-7-4-10-23-16)12-20-17(22)19-9-8-13-5-3-6-14(18)11-13/h3-7,10-11,15H,8-9,12H2,1-2H3,(H2,19,20,22). The minimum absolute atomic E-state index is 0.00341. The van der Waals surface area contributed by atoms with Gasteiger partial charge in [-0.05, 0) is 50.3 Å². The zero-order valence-corrected chi connectivity index (χ0v) is 14.1. The van der Waals surface area contributed by atoms with Crippen LogP contribution in [-0.2, 0) is 6.42 Å². The van der Waals surface area contributed by atoms with Crippen LogP contribution >= 0.6 is 11.6 Å². The third-order valence-corrected chi connectivity index (χ3v) is 3.77. The highest BCUT2D eigenvalue weighted by Gasteiger charge is 2.17. The summed E-state index contributed by atoms with van der Waals surface area (Å²) in [5.74, 6) is 0.828. The van der Waals surface area contributed by atoms with E-state index >= 15 is 0 Å². The Morgan fingerprint density at radius 3 is 2.74 bits per heavy atom. The monoisotopic (exact) mass is 335 g/mol. The van der Waals surface area contributed by atoms with E-state index in [-0.39, 0.29) is 12.1 Å². The molecule has 0 aliphatic rings. The molecule has 5 nitrogen and oxygen atoms in total. The van der Waals surface area contributed by atoms with E-state index in [9.17, 15) is 4.79 Å². The largest absolute Gasteiger partial charge is 0.468 e. The van der Waals surface area contributed by atoms with Gasteiger partial charge in [0.15, 0.2) is 0 Å². The number of carbonyl (C=O) groups excluding carboxylic acids is 1. The molecule has 1 aromatic carbocycles. The summed E-state index contributed by atoms with van der Waals surface area (Å²) in [7, 11) is 3.90. The topological polar surface area (TPSA) is 57.5 Å². The van der Waals surface area contributed by atoms with Crippen molar-refractivity contribution in [2.75, 3.05) is 27.2 Å². The van der Waals surface area contributed by atoms with Crippen LogP contribution in [0.1, 0.15) is 17.4 Å². The van der Waals surface area contributed by atoms with Gasteiger partial charge in [-0.3, -0.25) is 4.90 Å². The van der Waals surface area contributed by atoms with Crippen molar-refractivity contribution >= 4 is 17.6 Å². The number of nitrogens with one attached hydrogen (secondary N) is 2. The molecule has 2 N–H and O–H groups in total. The SMILES string of the molecule is CN(C)C(CNC(=O)NCCc1cccc(Cl)c1)c1ccco1. The molecule has 1 heterocycles. The summed E-state index contributed by atoms with van der Waals surface area (Å²) >= 11 is 5.94. The van der Waals surface area contributed by atoms with E-state index in [4.69, 9.17) is 16.0 Å². The maximum absolute atomic E-state index is 11.9. The minimum Gasteiger partial charge on any atom is -0.468 e. The number of hydrogen-bond acceptors (Lipinski definition) is 3. The van der Waals surface area contributed by atoms with Crippen LogP contribution in [-0.4, -0.2) is 38.1 Å². The van der Waals surface area contributed by atoms with Crippen LogP contribution in [0, 0.1) is 0 Å². The van der Waals surface area contributed by atoms with E-state index in [1.165, 1.54) is 0 Å². The zero-order chi connectivity index (χ0) is 16.7. The number of urea groups is 1. The van der Waals surface area contributed by atoms with E-state index in [2.05, 4.69) is 10.6 Å². The van der Waals surface area contributed by atoms with Crippen molar-refractivity contribution in [3.05, 3.63) is 59.0 Å². The van der Waals surface area contributed by atoms with Crippen molar-refractivity contribution in [1.29, 1.82) is 0 Å². The Labute approximate surface area is 141 Å². The summed E-state index contributed by atoms with van der Waals surface area (Å²) in [6.45, 7) is 1.03. The maximum atomic E-state index is 11.9. The van der Waals surface area contributed by atoms with Gasteiger partial charge in [0.2, 0.25) is 0 Å². The molecule has 2 rings (SSSR count). The first-order chi connectivity index (χ1) is 11.1. The average molecular weight is 336 g/mol. The van der Waals surface area contributed by atoms with E-state index in [0.717, 1.165) is 17.7 Å². The first-order valence-corrected chi connectivity index (χ1v) is 7.90. The molecule has 0 aliphatic heterocycles. The second kappa shape index (κ2) is 8.60. The Morgan fingerprint density at radius 2 is 2.09 bits per heavy atom. The number of amides is 2. The molecule has 0 spiro atoms. The van der Waals surface area contributed by atoms with Crippen molar-refractivity contribution in [3.8, 4) is 0 Å². The summed E-state index contributed by atoms with van der Waals surface area (Å²) in [6.07, 6.45) is 2.38. The Kier molecular flexibility index (Phi) is 6.50. The predicted octanol–water partition coefficient (Wildman–Crippen LogP) is 3.08. The van der Waals surface area contributed by atoms with Crippen LogP contribution < -0.4 is 10.6 Å². The van der Waals surface area contributed by atoms with Gasteiger partial charge < -0.3 is 15.1 Å². The Bertz CT molecular complexity index is 614. The average Bonchev–Trinajstić information content (AvgIpc) is 3.01. The van der Waals surface area contributed by atoms with E-state index in [0.29, 0.717) is 18.1 Å². The molecule has 0 radical (unpaired) electrons. The number of furan rings is 1. The van der Waals surface area contributed by atoms with Gasteiger partial charge in [-0.1, -0.05) is 23.7 Å². The number of halogens is 1. The second-order valence-electron chi connectivity index (χ2n) is 5.51. The highest BCUT2D eigenvalue weighted by atomic mass is 35.5. The van der Waals surface area contributed by atoms with E-state index in [1.807, 2.05) is 55.4 Å². The van der Waals surface area contributed by atoms with Gasteiger partial charge in [-0.15, -0.1) is 0 Å². The minimum atomic E-state index is -0.189. The lowest BCUT2D eigenvalue weighted by molar-refractivity contribution is 0.225. The highest BCUT2D eigenvalue weighted by Crippen LogP contribution is 2.17. The molecule has 2 amide bonds. The van der Waals surface area contributed by atoms with Gasteiger partial charge in [0.05, 0.1) is 12.3 Å². The summed E-state index contributed by atoms with van der Waals surface area (Å²) in [5.41, 5.74) is 1.10. The summed E-state index contributed by atoms with van der Waals surface area (Å²) < 4.78 is 5.41. The van der Waals surface area contributed by atoms with Crippen LogP contribution in [0.3, 0.4) is 0 Å². The summed E-state index contributed by atoms with van der Waals surface area (Å²) in [4.78, 5) is 13.9. The Balaban J connectivity index is 1.74. The van der Waals surface area contributed by atoms with Crippen molar-refractivity contribution < 1.29 is 9.21 Å². The number of benzene rings is 1. The van der Waals surface area contributed by atoms with Crippen molar-refractivity contribution in [3.63, 3.8) is 0 Å². The molecular formula is C17H22ClN3O2. The van der Waals surface area contributed by atoms with Crippen LogP contribution in [0.2, 0.25) is 5.02 Å². The smallest absolute Gasteiger partial charge is 0.314 e. The third kappa shape index (κ3) is 5.62. The summed E-state index contributed by atoms with van der Waals surface area (Å²) in [6, 6.07) is 11.2. The van der Waals surface area contributed by atoms with Crippen LogP contribution in [0.15, 0.2) is 47.1 Å². The molecule has 1 aromatic heterocycles. The van der Waals surface area contributed by atoms with Gasteiger partial charge in [-0.25, -0.2) is 4.79 Å². The molecule has 0 saturated carbocycles. The van der Waals surface area contributed by atoms with Gasteiger partial charge in [-0.2, -0.15) is 0 Å².